The number of nitrogens with zero attached hydrogens (tertiary/aromatic N) is 1. The van der Waals surface area contributed by atoms with E-state index in [-0.39, 0.29) is 6.04 Å². The van der Waals surface area contributed by atoms with Crippen molar-refractivity contribution in [3.8, 4) is 0 Å². The summed E-state index contributed by atoms with van der Waals surface area (Å²) in [6.07, 6.45) is 6.74. The van der Waals surface area contributed by atoms with Crippen molar-refractivity contribution < 1.29 is 0 Å². The minimum Gasteiger partial charge on any atom is -0.383 e. The summed E-state index contributed by atoms with van der Waals surface area (Å²) in [6.45, 7) is 4.67. The molecule has 0 spiro atoms. The van der Waals surface area contributed by atoms with Gasteiger partial charge in [0.2, 0.25) is 0 Å². The molecule has 3 nitrogen and oxygen atoms in total. The van der Waals surface area contributed by atoms with Crippen molar-refractivity contribution in [1.29, 1.82) is 0 Å². The Hall–Kier alpha value is -0.800. The van der Waals surface area contributed by atoms with Crippen LogP contribution in [-0.4, -0.2) is 12.0 Å². The van der Waals surface area contributed by atoms with Gasteiger partial charge in [-0.25, -0.2) is 4.98 Å². The van der Waals surface area contributed by atoms with E-state index in [4.69, 9.17) is 17.3 Å². The van der Waals surface area contributed by atoms with Gasteiger partial charge in [0.15, 0.2) is 0 Å². The second-order valence-corrected chi connectivity index (χ2v) is 6.75. The van der Waals surface area contributed by atoms with E-state index in [1.807, 2.05) is 13.1 Å². The second kappa shape index (κ2) is 6.77. The number of nitrogens with two attached hydrogens (primary N) is 1. The van der Waals surface area contributed by atoms with Crippen molar-refractivity contribution in [1.82, 2.24) is 10.3 Å². The molecule has 4 heteroatoms. The van der Waals surface area contributed by atoms with Crippen LogP contribution in [0, 0.1) is 17.8 Å². The van der Waals surface area contributed by atoms with Crippen LogP contribution in [0.1, 0.15) is 51.1 Å². The molecule has 1 heterocycles. The number of nitrogens with one attached hydrogen (secondary N) is 1. The number of pyridine rings is 1. The van der Waals surface area contributed by atoms with Crippen molar-refractivity contribution in [2.75, 3.05) is 12.8 Å². The van der Waals surface area contributed by atoms with Crippen molar-refractivity contribution >= 4 is 17.4 Å². The minimum atomic E-state index is 0.259. The Morgan fingerprint density at radius 1 is 1.25 bits per heavy atom. The third-order valence-electron chi connectivity index (χ3n) is 4.79. The van der Waals surface area contributed by atoms with Crippen molar-refractivity contribution in [2.45, 2.75) is 45.6 Å². The average Bonchev–Trinajstić information content (AvgIpc) is 2.44. The molecule has 1 aromatic heterocycles. The topological polar surface area (TPSA) is 50.9 Å². The van der Waals surface area contributed by atoms with Gasteiger partial charge >= 0.3 is 0 Å². The number of hydrogen-bond donors (Lipinski definition) is 2. The van der Waals surface area contributed by atoms with Gasteiger partial charge in [-0.3, -0.25) is 0 Å². The molecule has 0 radical (unpaired) electrons. The van der Waals surface area contributed by atoms with Crippen LogP contribution >= 0.6 is 11.6 Å². The number of hydrogen-bond acceptors (Lipinski definition) is 3. The Morgan fingerprint density at radius 3 is 2.40 bits per heavy atom. The highest BCUT2D eigenvalue weighted by atomic mass is 35.5. The maximum atomic E-state index is 6.08. The number of anilines is 1. The molecule has 0 bridgehead atoms. The third kappa shape index (κ3) is 3.44. The van der Waals surface area contributed by atoms with E-state index in [0.717, 1.165) is 17.4 Å². The lowest BCUT2D eigenvalue weighted by Crippen LogP contribution is -2.30. The Morgan fingerprint density at radius 2 is 1.85 bits per heavy atom. The average molecular weight is 296 g/mol. The lowest BCUT2D eigenvalue weighted by atomic mass is 9.73. The zero-order valence-electron chi connectivity index (χ0n) is 12.7. The summed E-state index contributed by atoms with van der Waals surface area (Å²) in [5.41, 5.74) is 7.09. The van der Waals surface area contributed by atoms with Gasteiger partial charge in [0.25, 0.3) is 0 Å². The largest absolute Gasteiger partial charge is 0.383 e. The smallest absolute Gasteiger partial charge is 0.128 e. The molecule has 2 rings (SSSR count). The summed E-state index contributed by atoms with van der Waals surface area (Å²) in [4.78, 5) is 4.19. The molecule has 1 aliphatic rings. The standard InChI is InChI=1S/C16H26ClN3/c1-10(2)11-4-6-12(7-5-11)15(19-3)14-8-13(17)9-20-16(14)18/h8-12,15,19H,4-7H2,1-3H3,(H2,18,20). The van der Waals surface area contributed by atoms with E-state index in [1.54, 1.807) is 6.20 Å². The molecular weight excluding hydrogens is 270 g/mol. The summed E-state index contributed by atoms with van der Waals surface area (Å²) < 4.78 is 0. The van der Waals surface area contributed by atoms with Crippen molar-refractivity contribution in [2.24, 2.45) is 17.8 Å². The molecule has 0 saturated heterocycles. The van der Waals surface area contributed by atoms with Gasteiger partial charge in [0.05, 0.1) is 5.02 Å². The summed E-state index contributed by atoms with van der Waals surface area (Å²) in [5.74, 6) is 2.89. The fourth-order valence-corrected chi connectivity index (χ4v) is 3.67. The first kappa shape index (κ1) is 15.6. The Balaban J connectivity index is 2.11. The minimum absolute atomic E-state index is 0.259. The molecule has 0 aliphatic heterocycles. The Bertz CT molecular complexity index is 439. The van der Waals surface area contributed by atoms with Gasteiger partial charge in [0.1, 0.15) is 5.82 Å². The van der Waals surface area contributed by atoms with E-state index in [2.05, 4.69) is 24.1 Å². The molecule has 1 saturated carbocycles. The van der Waals surface area contributed by atoms with Gasteiger partial charge in [-0.15, -0.1) is 0 Å². The van der Waals surface area contributed by atoms with Crippen LogP contribution in [0.5, 0.6) is 0 Å². The predicted molar refractivity (Wildman–Crippen MR) is 85.7 cm³/mol. The van der Waals surface area contributed by atoms with Crippen molar-refractivity contribution in [3.05, 3.63) is 22.8 Å². The van der Waals surface area contributed by atoms with E-state index >= 15 is 0 Å². The molecule has 1 atom stereocenters. The monoisotopic (exact) mass is 295 g/mol. The van der Waals surface area contributed by atoms with Gasteiger partial charge in [0, 0.05) is 17.8 Å². The molecule has 1 aromatic rings. The zero-order valence-corrected chi connectivity index (χ0v) is 13.5. The van der Waals surface area contributed by atoms with E-state index < -0.39 is 0 Å². The number of aromatic nitrogens is 1. The molecule has 0 amide bonds. The summed E-state index contributed by atoms with van der Waals surface area (Å²) in [7, 11) is 2.00. The molecule has 1 unspecified atom stereocenters. The highest BCUT2D eigenvalue weighted by Gasteiger charge is 2.30. The van der Waals surface area contributed by atoms with Crippen LogP contribution in [0.2, 0.25) is 5.02 Å². The van der Waals surface area contributed by atoms with Crippen LogP contribution in [0.15, 0.2) is 12.3 Å². The van der Waals surface area contributed by atoms with Crippen molar-refractivity contribution in [3.63, 3.8) is 0 Å². The highest BCUT2D eigenvalue weighted by Crippen LogP contribution is 2.40. The van der Waals surface area contributed by atoms with Crippen LogP contribution in [0.25, 0.3) is 0 Å². The van der Waals surface area contributed by atoms with Crippen LogP contribution < -0.4 is 11.1 Å². The first-order valence-corrected chi connectivity index (χ1v) is 7.99. The van der Waals surface area contributed by atoms with Crippen LogP contribution in [0.3, 0.4) is 0 Å². The molecular formula is C16H26ClN3. The van der Waals surface area contributed by atoms with Crippen LogP contribution in [0.4, 0.5) is 5.82 Å². The first-order valence-electron chi connectivity index (χ1n) is 7.61. The molecule has 112 valence electrons. The van der Waals surface area contributed by atoms with E-state index in [1.165, 1.54) is 25.7 Å². The zero-order chi connectivity index (χ0) is 14.7. The SMILES string of the molecule is CNC(c1cc(Cl)cnc1N)C1CCC(C(C)C)CC1. The van der Waals surface area contributed by atoms with Gasteiger partial charge < -0.3 is 11.1 Å². The fraction of sp³-hybridized carbons (Fsp3) is 0.688. The summed E-state index contributed by atoms with van der Waals surface area (Å²) in [5, 5.41) is 4.08. The second-order valence-electron chi connectivity index (χ2n) is 6.31. The molecule has 20 heavy (non-hydrogen) atoms. The molecule has 1 aliphatic carbocycles. The fourth-order valence-electron chi connectivity index (χ4n) is 3.50. The van der Waals surface area contributed by atoms with Gasteiger partial charge in [-0.2, -0.15) is 0 Å². The summed E-state index contributed by atoms with van der Waals surface area (Å²) in [6, 6.07) is 2.22. The number of nitrogen functional groups attached to an aromatic ring is 1. The lowest BCUT2D eigenvalue weighted by Gasteiger charge is -2.35. The third-order valence-corrected chi connectivity index (χ3v) is 5.00. The normalized spacial score (nSPS) is 24.9. The van der Waals surface area contributed by atoms with Crippen LogP contribution in [-0.2, 0) is 0 Å². The van der Waals surface area contributed by atoms with Gasteiger partial charge in [-0.05, 0) is 56.6 Å². The Labute approximate surface area is 127 Å². The maximum absolute atomic E-state index is 6.08. The molecule has 0 aromatic carbocycles. The number of halogens is 1. The highest BCUT2D eigenvalue weighted by molar-refractivity contribution is 6.30. The van der Waals surface area contributed by atoms with Gasteiger partial charge in [-0.1, -0.05) is 25.4 Å². The molecule has 3 N–H and O–H groups in total. The Kier molecular flexibility index (Phi) is 5.28. The quantitative estimate of drug-likeness (QED) is 0.881. The number of rotatable bonds is 4. The maximum Gasteiger partial charge on any atom is 0.128 e. The van der Waals surface area contributed by atoms with E-state index in [0.29, 0.717) is 16.8 Å². The first-order chi connectivity index (χ1) is 9.52. The van der Waals surface area contributed by atoms with E-state index in [9.17, 15) is 0 Å². The predicted octanol–water partition coefficient (Wildman–Crippen LogP) is 4.04. The molecule has 1 fully saturated rings. The summed E-state index contributed by atoms with van der Waals surface area (Å²) >= 11 is 6.08. The lowest BCUT2D eigenvalue weighted by molar-refractivity contribution is 0.193.